The van der Waals surface area contributed by atoms with Gasteiger partial charge in [-0.2, -0.15) is 0 Å². The van der Waals surface area contributed by atoms with Crippen molar-refractivity contribution in [1.29, 1.82) is 0 Å². The summed E-state index contributed by atoms with van der Waals surface area (Å²) in [5.74, 6) is -0.0978. The minimum atomic E-state index is -0.427. The summed E-state index contributed by atoms with van der Waals surface area (Å²) >= 11 is 0. The Labute approximate surface area is 79.8 Å². The number of hydrogen-bond donors (Lipinski definition) is 1. The van der Waals surface area contributed by atoms with Gasteiger partial charge >= 0.3 is 5.97 Å². The number of rotatable bonds is 3. The lowest BCUT2D eigenvalue weighted by Gasteiger charge is -2.24. The Morgan fingerprint density at radius 2 is 2.38 bits per heavy atom. The second-order valence-corrected chi connectivity index (χ2v) is 3.99. The first-order valence-corrected chi connectivity index (χ1v) is 5.04. The highest BCUT2D eigenvalue weighted by Crippen LogP contribution is 2.20. The Kier molecular flexibility index (Phi) is 3.31. The average Bonchev–Trinajstić information content (AvgIpc) is 2.53. The van der Waals surface area contributed by atoms with Crippen LogP contribution in [0, 0.1) is 0 Å². The average molecular weight is 185 g/mol. The van der Waals surface area contributed by atoms with Gasteiger partial charge in [-0.1, -0.05) is 6.92 Å². The number of ether oxygens (including phenoxy) is 1. The predicted molar refractivity (Wildman–Crippen MR) is 51.5 cm³/mol. The molecule has 0 bridgehead atoms. The number of esters is 1. The number of carbonyl (C=O) groups excluding carboxylic acids is 1. The normalized spacial score (nSPS) is 30.1. The molecule has 0 radical (unpaired) electrons. The van der Waals surface area contributed by atoms with E-state index < -0.39 is 5.54 Å². The van der Waals surface area contributed by atoms with Crippen molar-refractivity contribution in [3.05, 3.63) is 0 Å². The third-order valence-corrected chi connectivity index (χ3v) is 2.70. The molecule has 1 aliphatic rings. The molecule has 1 rings (SSSR count). The fraction of sp³-hybridized carbons (Fsp3) is 0.900. The van der Waals surface area contributed by atoms with E-state index in [2.05, 4.69) is 5.32 Å². The highest BCUT2D eigenvalue weighted by Gasteiger charge is 2.37. The van der Waals surface area contributed by atoms with E-state index in [0.29, 0.717) is 0 Å². The topological polar surface area (TPSA) is 38.3 Å². The Balaban J connectivity index is 2.46. The third-order valence-electron chi connectivity index (χ3n) is 2.70. The van der Waals surface area contributed by atoms with E-state index in [4.69, 9.17) is 4.74 Å². The Morgan fingerprint density at radius 1 is 1.69 bits per heavy atom. The van der Waals surface area contributed by atoms with Crippen LogP contribution in [0.3, 0.4) is 0 Å². The lowest BCUT2D eigenvalue weighted by molar-refractivity contribution is -0.155. The highest BCUT2D eigenvalue weighted by molar-refractivity contribution is 5.80. The van der Waals surface area contributed by atoms with Crippen molar-refractivity contribution in [2.75, 3.05) is 6.54 Å². The molecule has 2 unspecified atom stereocenters. The van der Waals surface area contributed by atoms with Gasteiger partial charge in [0.05, 0.1) is 6.10 Å². The van der Waals surface area contributed by atoms with Crippen molar-refractivity contribution in [3.63, 3.8) is 0 Å². The van der Waals surface area contributed by atoms with E-state index in [0.717, 1.165) is 25.8 Å². The van der Waals surface area contributed by atoms with Gasteiger partial charge in [0.2, 0.25) is 0 Å². The molecule has 3 nitrogen and oxygen atoms in total. The van der Waals surface area contributed by atoms with Crippen LogP contribution in [-0.2, 0) is 9.53 Å². The maximum Gasteiger partial charge on any atom is 0.326 e. The van der Waals surface area contributed by atoms with Crippen molar-refractivity contribution >= 4 is 5.97 Å². The zero-order chi connectivity index (χ0) is 9.90. The van der Waals surface area contributed by atoms with Crippen LogP contribution in [0.2, 0.25) is 0 Å². The molecule has 1 aliphatic heterocycles. The number of nitrogens with one attached hydrogen (secondary N) is 1. The number of hydrogen-bond acceptors (Lipinski definition) is 3. The Bertz CT molecular complexity index is 185. The number of carbonyl (C=O) groups is 1. The van der Waals surface area contributed by atoms with E-state index in [9.17, 15) is 4.79 Å². The molecule has 1 fully saturated rings. The molecule has 0 aliphatic carbocycles. The van der Waals surface area contributed by atoms with Gasteiger partial charge in [-0.05, 0) is 39.7 Å². The fourth-order valence-electron chi connectivity index (χ4n) is 1.46. The summed E-state index contributed by atoms with van der Waals surface area (Å²) in [5, 5.41) is 3.19. The van der Waals surface area contributed by atoms with Gasteiger partial charge in [0.25, 0.3) is 0 Å². The van der Waals surface area contributed by atoms with Gasteiger partial charge in [-0.25, -0.2) is 0 Å². The summed E-state index contributed by atoms with van der Waals surface area (Å²) in [4.78, 5) is 11.7. The molecule has 0 aromatic carbocycles. The summed E-state index contributed by atoms with van der Waals surface area (Å²) in [7, 11) is 0. The first kappa shape index (κ1) is 10.5. The van der Waals surface area contributed by atoms with E-state index in [1.807, 2.05) is 20.8 Å². The first-order valence-electron chi connectivity index (χ1n) is 5.04. The molecule has 1 N–H and O–H groups in total. The Morgan fingerprint density at radius 3 is 2.85 bits per heavy atom. The van der Waals surface area contributed by atoms with Gasteiger partial charge < -0.3 is 10.1 Å². The zero-order valence-corrected chi connectivity index (χ0v) is 8.72. The fourth-order valence-corrected chi connectivity index (χ4v) is 1.46. The van der Waals surface area contributed by atoms with Gasteiger partial charge in [-0.15, -0.1) is 0 Å². The molecule has 2 atom stereocenters. The van der Waals surface area contributed by atoms with Crippen molar-refractivity contribution < 1.29 is 9.53 Å². The van der Waals surface area contributed by atoms with Crippen LogP contribution < -0.4 is 5.32 Å². The molecular formula is C10H19NO2. The molecule has 0 aromatic rings. The van der Waals surface area contributed by atoms with Crippen LogP contribution in [0.1, 0.15) is 40.0 Å². The molecule has 1 saturated heterocycles. The third kappa shape index (κ3) is 2.44. The van der Waals surface area contributed by atoms with E-state index >= 15 is 0 Å². The second-order valence-electron chi connectivity index (χ2n) is 3.99. The monoisotopic (exact) mass is 185 g/mol. The summed E-state index contributed by atoms with van der Waals surface area (Å²) in [5.41, 5.74) is -0.427. The molecule has 76 valence electrons. The van der Waals surface area contributed by atoms with Crippen LogP contribution in [0.5, 0.6) is 0 Å². The summed E-state index contributed by atoms with van der Waals surface area (Å²) in [6.07, 6.45) is 2.86. The second kappa shape index (κ2) is 4.09. The van der Waals surface area contributed by atoms with E-state index in [1.54, 1.807) is 0 Å². The maximum absolute atomic E-state index is 11.7. The lowest BCUT2D eigenvalue weighted by atomic mass is 10.0. The first-order chi connectivity index (χ1) is 6.08. The van der Waals surface area contributed by atoms with Gasteiger partial charge in [0.1, 0.15) is 5.54 Å². The molecule has 0 aromatic heterocycles. The maximum atomic E-state index is 11.7. The molecular weight excluding hydrogens is 166 g/mol. The molecule has 0 spiro atoms. The minimum Gasteiger partial charge on any atom is -0.461 e. The van der Waals surface area contributed by atoms with Crippen molar-refractivity contribution in [2.24, 2.45) is 0 Å². The molecule has 3 heteroatoms. The lowest BCUT2D eigenvalue weighted by Crippen LogP contribution is -2.46. The minimum absolute atomic E-state index is 0.0340. The molecule has 13 heavy (non-hydrogen) atoms. The predicted octanol–water partition coefficient (Wildman–Crippen LogP) is 1.47. The van der Waals surface area contributed by atoms with Crippen LogP contribution in [0.25, 0.3) is 0 Å². The summed E-state index contributed by atoms with van der Waals surface area (Å²) in [6.45, 7) is 6.79. The molecule has 0 saturated carbocycles. The molecule has 1 heterocycles. The quantitative estimate of drug-likeness (QED) is 0.677. The van der Waals surface area contributed by atoms with Crippen molar-refractivity contribution in [3.8, 4) is 0 Å². The van der Waals surface area contributed by atoms with Gasteiger partial charge in [0, 0.05) is 0 Å². The SMILES string of the molecule is CCC(C)OC(=O)C1(C)CCCN1. The summed E-state index contributed by atoms with van der Waals surface area (Å²) in [6, 6.07) is 0. The van der Waals surface area contributed by atoms with Crippen LogP contribution in [0.4, 0.5) is 0 Å². The summed E-state index contributed by atoms with van der Waals surface area (Å²) < 4.78 is 5.28. The highest BCUT2D eigenvalue weighted by atomic mass is 16.5. The zero-order valence-electron chi connectivity index (χ0n) is 8.72. The van der Waals surface area contributed by atoms with Gasteiger partial charge in [-0.3, -0.25) is 4.79 Å². The largest absolute Gasteiger partial charge is 0.461 e. The van der Waals surface area contributed by atoms with E-state index in [-0.39, 0.29) is 12.1 Å². The Hall–Kier alpha value is -0.570. The van der Waals surface area contributed by atoms with Crippen molar-refractivity contribution in [2.45, 2.75) is 51.7 Å². The van der Waals surface area contributed by atoms with Crippen LogP contribution in [0.15, 0.2) is 0 Å². The van der Waals surface area contributed by atoms with Crippen molar-refractivity contribution in [1.82, 2.24) is 5.32 Å². The van der Waals surface area contributed by atoms with Crippen LogP contribution in [-0.4, -0.2) is 24.2 Å². The molecule has 0 amide bonds. The van der Waals surface area contributed by atoms with E-state index in [1.165, 1.54) is 0 Å². The van der Waals surface area contributed by atoms with Crippen LogP contribution >= 0.6 is 0 Å². The standard InChI is InChI=1S/C10H19NO2/c1-4-8(2)13-9(12)10(3)6-5-7-11-10/h8,11H,4-7H2,1-3H3. The van der Waals surface area contributed by atoms with Gasteiger partial charge in [0.15, 0.2) is 0 Å². The smallest absolute Gasteiger partial charge is 0.326 e.